The summed E-state index contributed by atoms with van der Waals surface area (Å²) in [6.45, 7) is 0.720. The van der Waals surface area contributed by atoms with Gasteiger partial charge in [0.1, 0.15) is 9.88 Å². The van der Waals surface area contributed by atoms with Crippen LogP contribution in [0.5, 0.6) is 0 Å². The van der Waals surface area contributed by atoms with E-state index >= 15 is 0 Å². The number of nitrogens with zero attached hydrogens (tertiary/aromatic N) is 2. The maximum absolute atomic E-state index is 11.3. The highest BCUT2D eigenvalue weighted by molar-refractivity contribution is 7.13. The fraction of sp³-hybridized carbons (Fsp3) is 0.692. The first kappa shape index (κ1) is 13.5. The van der Waals surface area contributed by atoms with Crippen molar-refractivity contribution in [3.05, 3.63) is 15.6 Å². The van der Waals surface area contributed by atoms with Crippen LogP contribution in [0.15, 0.2) is 0 Å². The molecule has 0 spiro atoms. The van der Waals surface area contributed by atoms with Gasteiger partial charge in [-0.1, -0.05) is 19.3 Å². The molecule has 0 unspecified atom stereocenters. The molecule has 0 atom stereocenters. The van der Waals surface area contributed by atoms with Crippen LogP contribution in [0.2, 0.25) is 0 Å². The van der Waals surface area contributed by atoms with Crippen molar-refractivity contribution in [3.63, 3.8) is 0 Å². The van der Waals surface area contributed by atoms with Gasteiger partial charge < -0.3 is 10.0 Å². The van der Waals surface area contributed by atoms with E-state index in [1.54, 1.807) is 0 Å². The van der Waals surface area contributed by atoms with E-state index in [1.165, 1.54) is 30.6 Å². The van der Waals surface area contributed by atoms with Gasteiger partial charge in [0.2, 0.25) is 0 Å². The van der Waals surface area contributed by atoms with Crippen LogP contribution in [0.3, 0.4) is 0 Å². The molecule has 1 fully saturated rings. The number of rotatable bonds is 4. The van der Waals surface area contributed by atoms with Crippen LogP contribution in [0.1, 0.15) is 58.4 Å². The fourth-order valence-electron chi connectivity index (χ4n) is 2.52. The third kappa shape index (κ3) is 3.09. The first-order chi connectivity index (χ1) is 8.58. The third-order valence-electron chi connectivity index (χ3n) is 3.34. The van der Waals surface area contributed by atoms with Crippen LogP contribution in [-0.2, 0) is 6.54 Å². The highest BCUT2D eigenvalue weighted by atomic mass is 32.1. The predicted molar refractivity (Wildman–Crippen MR) is 72.3 cm³/mol. The first-order valence-corrected chi connectivity index (χ1v) is 7.27. The molecule has 1 heterocycles. The molecule has 0 bridgehead atoms. The molecular formula is C13H20N2O2S. The van der Waals surface area contributed by atoms with Crippen LogP contribution in [0, 0.1) is 0 Å². The SMILES string of the molecule is CN(C)Cc1nc(C2CCCCC2)c(C(=O)O)s1. The molecular weight excluding hydrogens is 248 g/mol. The summed E-state index contributed by atoms with van der Waals surface area (Å²) >= 11 is 1.34. The second kappa shape index (κ2) is 5.80. The molecule has 100 valence electrons. The van der Waals surface area contributed by atoms with Crippen molar-refractivity contribution < 1.29 is 9.90 Å². The molecule has 0 aliphatic heterocycles. The van der Waals surface area contributed by atoms with Gasteiger partial charge in [-0.05, 0) is 26.9 Å². The Morgan fingerprint density at radius 1 is 1.39 bits per heavy atom. The Morgan fingerprint density at radius 3 is 2.61 bits per heavy atom. The summed E-state index contributed by atoms with van der Waals surface area (Å²) in [4.78, 5) is 18.4. The maximum Gasteiger partial charge on any atom is 0.347 e. The summed E-state index contributed by atoms with van der Waals surface area (Å²) in [7, 11) is 3.95. The zero-order valence-corrected chi connectivity index (χ0v) is 11.8. The van der Waals surface area contributed by atoms with Gasteiger partial charge in [0.15, 0.2) is 0 Å². The van der Waals surface area contributed by atoms with Crippen molar-refractivity contribution in [2.45, 2.75) is 44.6 Å². The van der Waals surface area contributed by atoms with Gasteiger partial charge >= 0.3 is 5.97 Å². The normalized spacial score (nSPS) is 17.3. The lowest BCUT2D eigenvalue weighted by molar-refractivity contribution is 0.0700. The van der Waals surface area contributed by atoms with Gasteiger partial charge in [0, 0.05) is 12.5 Å². The zero-order valence-electron chi connectivity index (χ0n) is 11.0. The van der Waals surface area contributed by atoms with Gasteiger partial charge in [-0.25, -0.2) is 9.78 Å². The van der Waals surface area contributed by atoms with Crippen molar-refractivity contribution in [1.29, 1.82) is 0 Å². The summed E-state index contributed by atoms with van der Waals surface area (Å²) in [5.41, 5.74) is 0.837. The highest BCUT2D eigenvalue weighted by Gasteiger charge is 2.25. The Morgan fingerprint density at radius 2 is 2.06 bits per heavy atom. The van der Waals surface area contributed by atoms with Gasteiger partial charge in [0.25, 0.3) is 0 Å². The molecule has 0 amide bonds. The van der Waals surface area contributed by atoms with Crippen molar-refractivity contribution in [2.75, 3.05) is 14.1 Å². The topological polar surface area (TPSA) is 53.4 Å². The Bertz CT molecular complexity index is 423. The molecule has 1 aromatic heterocycles. The Labute approximate surface area is 112 Å². The number of carbonyl (C=O) groups is 1. The van der Waals surface area contributed by atoms with Gasteiger partial charge in [-0.3, -0.25) is 0 Å². The minimum Gasteiger partial charge on any atom is -0.477 e. The first-order valence-electron chi connectivity index (χ1n) is 6.45. The van der Waals surface area contributed by atoms with Gasteiger partial charge in [-0.2, -0.15) is 0 Å². The summed E-state index contributed by atoms with van der Waals surface area (Å²) in [5.74, 6) is -0.463. The van der Waals surface area contributed by atoms with Crippen LogP contribution in [0.4, 0.5) is 0 Å². The van der Waals surface area contributed by atoms with E-state index in [4.69, 9.17) is 0 Å². The number of carboxylic acids is 1. The maximum atomic E-state index is 11.3. The fourth-order valence-corrected chi connectivity index (χ4v) is 3.63. The largest absolute Gasteiger partial charge is 0.477 e. The van der Waals surface area contributed by atoms with Crippen molar-refractivity contribution in [2.24, 2.45) is 0 Å². The van der Waals surface area contributed by atoms with Crippen molar-refractivity contribution >= 4 is 17.3 Å². The van der Waals surface area contributed by atoms with Crippen molar-refractivity contribution in [1.82, 2.24) is 9.88 Å². The summed E-state index contributed by atoms with van der Waals surface area (Å²) < 4.78 is 0. The number of aromatic carboxylic acids is 1. The summed E-state index contributed by atoms with van der Waals surface area (Å²) in [6, 6.07) is 0. The van der Waals surface area contributed by atoms with Crippen LogP contribution in [-0.4, -0.2) is 35.1 Å². The molecule has 5 heteroatoms. The molecule has 4 nitrogen and oxygen atoms in total. The average Bonchev–Trinajstić information content (AvgIpc) is 2.73. The lowest BCUT2D eigenvalue weighted by Crippen LogP contribution is -2.11. The van der Waals surface area contributed by atoms with Crippen LogP contribution < -0.4 is 0 Å². The molecule has 0 aromatic carbocycles. The second-order valence-electron chi connectivity index (χ2n) is 5.20. The monoisotopic (exact) mass is 268 g/mol. The molecule has 1 saturated carbocycles. The minimum atomic E-state index is -0.821. The smallest absolute Gasteiger partial charge is 0.347 e. The lowest BCUT2D eigenvalue weighted by Gasteiger charge is -2.20. The number of hydrogen-bond acceptors (Lipinski definition) is 4. The Kier molecular flexibility index (Phi) is 4.35. The number of hydrogen-bond donors (Lipinski definition) is 1. The molecule has 1 aromatic rings. The molecule has 1 aliphatic rings. The van der Waals surface area contributed by atoms with Gasteiger partial charge in [-0.15, -0.1) is 11.3 Å². The van der Waals surface area contributed by atoms with E-state index in [-0.39, 0.29) is 0 Å². The quantitative estimate of drug-likeness (QED) is 0.912. The molecule has 0 saturated heterocycles. The van der Waals surface area contributed by atoms with E-state index < -0.39 is 5.97 Å². The average molecular weight is 268 g/mol. The Balaban J connectivity index is 2.25. The lowest BCUT2D eigenvalue weighted by atomic mass is 9.86. The van der Waals surface area contributed by atoms with Gasteiger partial charge in [0.05, 0.1) is 5.69 Å². The zero-order chi connectivity index (χ0) is 13.1. The minimum absolute atomic E-state index is 0.358. The number of thiazole rings is 1. The molecule has 0 radical (unpaired) electrons. The van der Waals surface area contributed by atoms with E-state index in [2.05, 4.69) is 4.98 Å². The van der Waals surface area contributed by atoms with E-state index in [9.17, 15) is 9.90 Å². The molecule has 1 N–H and O–H groups in total. The molecule has 2 rings (SSSR count). The van der Waals surface area contributed by atoms with Crippen LogP contribution in [0.25, 0.3) is 0 Å². The van der Waals surface area contributed by atoms with E-state index in [1.807, 2.05) is 19.0 Å². The van der Waals surface area contributed by atoms with E-state index in [0.717, 1.165) is 30.1 Å². The van der Waals surface area contributed by atoms with Crippen LogP contribution >= 0.6 is 11.3 Å². The number of aromatic nitrogens is 1. The Hall–Kier alpha value is -0.940. The third-order valence-corrected chi connectivity index (χ3v) is 4.38. The standard InChI is InChI=1S/C13H20N2O2S/c1-15(2)8-10-14-11(12(18-10)13(16)17)9-6-4-3-5-7-9/h9H,3-8H2,1-2H3,(H,16,17). The summed E-state index contributed by atoms with van der Waals surface area (Å²) in [6.07, 6.45) is 5.85. The number of carboxylic acid groups (broad SMARTS) is 1. The molecule has 1 aliphatic carbocycles. The summed E-state index contributed by atoms with van der Waals surface area (Å²) in [5, 5.41) is 10.2. The molecule has 18 heavy (non-hydrogen) atoms. The predicted octanol–water partition coefficient (Wildman–Crippen LogP) is 2.95. The highest BCUT2D eigenvalue weighted by Crippen LogP contribution is 2.36. The van der Waals surface area contributed by atoms with Crippen molar-refractivity contribution in [3.8, 4) is 0 Å². The second-order valence-corrected chi connectivity index (χ2v) is 6.28. The van der Waals surface area contributed by atoms with E-state index in [0.29, 0.717) is 10.8 Å².